The van der Waals surface area contributed by atoms with Crippen molar-refractivity contribution in [3.63, 3.8) is 0 Å². The average Bonchev–Trinajstić information content (AvgIpc) is 3.09. The molecule has 0 aliphatic carbocycles. The van der Waals surface area contributed by atoms with Crippen LogP contribution >= 0.6 is 12.2 Å². The minimum Gasteiger partial charge on any atom is -0.478 e. The molecule has 7 nitrogen and oxygen atoms in total. The van der Waals surface area contributed by atoms with Gasteiger partial charge < -0.3 is 9.67 Å². The molecule has 2 amide bonds. The first kappa shape index (κ1) is 24.1. The molecular weight excluding hydrogens is 462 g/mol. The van der Waals surface area contributed by atoms with Crippen LogP contribution in [0.2, 0.25) is 0 Å². The number of carboxylic acids is 1. The van der Waals surface area contributed by atoms with Gasteiger partial charge in [0.1, 0.15) is 5.57 Å². The summed E-state index contributed by atoms with van der Waals surface area (Å²) < 4.78 is 2.08. The van der Waals surface area contributed by atoms with E-state index < -0.39 is 17.8 Å². The van der Waals surface area contributed by atoms with E-state index in [9.17, 15) is 14.4 Å². The summed E-state index contributed by atoms with van der Waals surface area (Å²) in [6.45, 7) is 8.20. The quantitative estimate of drug-likeness (QED) is 0.308. The molecule has 0 radical (unpaired) electrons. The first-order chi connectivity index (χ1) is 16.6. The van der Waals surface area contributed by atoms with Crippen LogP contribution in [-0.2, 0) is 9.59 Å². The highest BCUT2D eigenvalue weighted by molar-refractivity contribution is 7.80. The van der Waals surface area contributed by atoms with E-state index in [4.69, 9.17) is 17.3 Å². The molecule has 8 heteroatoms. The van der Waals surface area contributed by atoms with Crippen molar-refractivity contribution in [1.82, 2.24) is 9.88 Å². The van der Waals surface area contributed by atoms with Crippen molar-refractivity contribution in [2.75, 3.05) is 4.90 Å². The lowest BCUT2D eigenvalue weighted by Crippen LogP contribution is -2.54. The monoisotopic (exact) mass is 487 g/mol. The van der Waals surface area contributed by atoms with Crippen LogP contribution in [0.5, 0.6) is 0 Å². The van der Waals surface area contributed by atoms with Crippen LogP contribution in [0.4, 0.5) is 5.69 Å². The number of carbonyl (C=O) groups is 3. The maximum atomic E-state index is 13.3. The van der Waals surface area contributed by atoms with Gasteiger partial charge in [-0.2, -0.15) is 0 Å². The fourth-order valence-electron chi connectivity index (χ4n) is 4.14. The van der Waals surface area contributed by atoms with Crippen molar-refractivity contribution in [3.8, 4) is 5.69 Å². The van der Waals surface area contributed by atoms with E-state index in [1.54, 1.807) is 6.08 Å². The zero-order chi connectivity index (χ0) is 25.4. The minimum absolute atomic E-state index is 0.0590. The molecule has 0 saturated carbocycles. The molecule has 2 aromatic carbocycles. The second kappa shape index (κ2) is 9.31. The maximum Gasteiger partial charge on any atom is 0.335 e. The van der Waals surface area contributed by atoms with Gasteiger partial charge in [-0.1, -0.05) is 26.0 Å². The zero-order valence-corrected chi connectivity index (χ0v) is 20.6. The van der Waals surface area contributed by atoms with Crippen molar-refractivity contribution in [2.45, 2.75) is 33.6 Å². The van der Waals surface area contributed by atoms with Crippen LogP contribution in [0, 0.1) is 13.8 Å². The molecule has 1 fully saturated rings. The highest BCUT2D eigenvalue weighted by Gasteiger charge is 2.34. The van der Waals surface area contributed by atoms with Gasteiger partial charge in [0.2, 0.25) is 0 Å². The fraction of sp³-hybridized carbons (Fsp3) is 0.185. The Balaban J connectivity index is 1.71. The Bertz CT molecular complexity index is 1380. The summed E-state index contributed by atoms with van der Waals surface area (Å²) in [5.41, 5.74) is 5.22. The largest absolute Gasteiger partial charge is 0.478 e. The molecule has 1 aliphatic rings. The first-order valence-electron chi connectivity index (χ1n) is 11.1. The van der Waals surface area contributed by atoms with E-state index in [1.807, 2.05) is 19.9 Å². The molecule has 3 aromatic rings. The topological polar surface area (TPSA) is 91.6 Å². The number of hydrogen-bond donors (Lipinski definition) is 2. The molecule has 178 valence electrons. The molecule has 2 N–H and O–H groups in total. The van der Waals surface area contributed by atoms with E-state index in [0.717, 1.165) is 22.6 Å². The van der Waals surface area contributed by atoms with Crippen LogP contribution in [-0.4, -0.2) is 32.6 Å². The predicted octanol–water partition coefficient (Wildman–Crippen LogP) is 4.75. The lowest BCUT2D eigenvalue weighted by molar-refractivity contribution is -0.122. The molecule has 1 aliphatic heterocycles. The van der Waals surface area contributed by atoms with Gasteiger partial charge in [-0.3, -0.25) is 19.8 Å². The van der Waals surface area contributed by atoms with Gasteiger partial charge >= 0.3 is 5.97 Å². The number of hydrogen-bond acceptors (Lipinski definition) is 4. The number of nitrogens with one attached hydrogen (secondary N) is 1. The second-order valence-corrected chi connectivity index (χ2v) is 9.10. The van der Waals surface area contributed by atoms with Gasteiger partial charge in [-0.05, 0) is 91.7 Å². The number of carbonyl (C=O) groups excluding carboxylic acids is 2. The Hall–Kier alpha value is -4.04. The van der Waals surface area contributed by atoms with Crippen molar-refractivity contribution < 1.29 is 19.5 Å². The van der Waals surface area contributed by atoms with Crippen molar-refractivity contribution in [1.29, 1.82) is 0 Å². The highest BCUT2D eigenvalue weighted by Crippen LogP contribution is 2.27. The SMILES string of the molecule is Cc1cc(/C=C2\C(=O)NC(=S)N(c3ccc(C(=O)O)cc3)C2=O)c(C)n1-c1ccc(C(C)C)cc1. The third-order valence-corrected chi connectivity index (χ3v) is 6.35. The van der Waals surface area contributed by atoms with Crippen molar-refractivity contribution in [3.05, 3.63) is 88.2 Å². The van der Waals surface area contributed by atoms with Gasteiger partial charge in [0.25, 0.3) is 11.8 Å². The van der Waals surface area contributed by atoms with Gasteiger partial charge in [0, 0.05) is 17.1 Å². The maximum absolute atomic E-state index is 13.3. The van der Waals surface area contributed by atoms with Gasteiger partial charge in [0.15, 0.2) is 5.11 Å². The molecule has 2 heterocycles. The smallest absolute Gasteiger partial charge is 0.335 e. The lowest BCUT2D eigenvalue weighted by atomic mass is 10.0. The molecule has 1 aromatic heterocycles. The summed E-state index contributed by atoms with van der Waals surface area (Å²) in [4.78, 5) is 38.4. The number of aryl methyl sites for hydroxylation is 1. The first-order valence-corrected chi connectivity index (χ1v) is 11.5. The van der Waals surface area contributed by atoms with Crippen LogP contribution in [0.25, 0.3) is 11.8 Å². The summed E-state index contributed by atoms with van der Waals surface area (Å²) in [5, 5.41) is 11.6. The Morgan fingerprint density at radius 1 is 1.00 bits per heavy atom. The van der Waals surface area contributed by atoms with Crippen LogP contribution in [0.3, 0.4) is 0 Å². The minimum atomic E-state index is -1.08. The molecule has 35 heavy (non-hydrogen) atoms. The summed E-state index contributed by atoms with van der Waals surface area (Å²) in [6, 6.07) is 16.0. The van der Waals surface area contributed by atoms with Crippen molar-refractivity contribution >= 4 is 46.9 Å². The number of benzene rings is 2. The van der Waals surface area contributed by atoms with E-state index in [1.165, 1.54) is 34.7 Å². The number of carboxylic acid groups (broad SMARTS) is 1. The standard InChI is InChI=1S/C27H25N3O4S/c1-15(2)18-5-9-21(10-6-18)29-16(3)13-20(17(29)4)14-23-24(31)28-27(35)30(25(23)32)22-11-7-19(8-12-22)26(33)34/h5-15H,1-4H3,(H,33,34)(H,28,31,35)/b23-14+. The Kier molecular flexibility index (Phi) is 6.41. The number of amides is 2. The Morgan fingerprint density at radius 2 is 1.60 bits per heavy atom. The number of thiocarbonyl (C=S) groups is 1. The zero-order valence-electron chi connectivity index (χ0n) is 19.8. The van der Waals surface area contributed by atoms with E-state index >= 15 is 0 Å². The Labute approximate surface area is 208 Å². The normalized spacial score (nSPS) is 15.2. The average molecular weight is 488 g/mol. The summed E-state index contributed by atoms with van der Waals surface area (Å²) in [6.07, 6.45) is 1.57. The van der Waals surface area contributed by atoms with Gasteiger partial charge in [-0.25, -0.2) is 4.79 Å². The van der Waals surface area contributed by atoms with Gasteiger partial charge in [-0.15, -0.1) is 0 Å². The third kappa shape index (κ3) is 4.52. The summed E-state index contributed by atoms with van der Waals surface area (Å²) >= 11 is 5.23. The molecule has 0 spiro atoms. The lowest BCUT2D eigenvalue weighted by Gasteiger charge is -2.29. The number of aromatic carboxylic acids is 1. The number of nitrogens with zero attached hydrogens (tertiary/aromatic N) is 2. The number of anilines is 1. The number of rotatable bonds is 5. The number of aromatic nitrogens is 1. The van der Waals surface area contributed by atoms with Crippen LogP contribution in [0.1, 0.15) is 52.6 Å². The predicted molar refractivity (Wildman–Crippen MR) is 139 cm³/mol. The third-order valence-electron chi connectivity index (χ3n) is 6.06. The van der Waals surface area contributed by atoms with E-state index in [2.05, 4.69) is 48.0 Å². The van der Waals surface area contributed by atoms with E-state index in [0.29, 0.717) is 11.6 Å². The summed E-state index contributed by atoms with van der Waals surface area (Å²) in [7, 11) is 0. The second-order valence-electron chi connectivity index (χ2n) is 8.72. The fourth-order valence-corrected chi connectivity index (χ4v) is 4.42. The van der Waals surface area contributed by atoms with Crippen LogP contribution in [0.15, 0.2) is 60.2 Å². The Morgan fingerprint density at radius 3 is 2.17 bits per heavy atom. The molecule has 0 unspecified atom stereocenters. The van der Waals surface area contributed by atoms with E-state index in [-0.39, 0.29) is 16.2 Å². The summed E-state index contributed by atoms with van der Waals surface area (Å²) in [5.74, 6) is -1.80. The molecule has 0 bridgehead atoms. The van der Waals surface area contributed by atoms with Crippen molar-refractivity contribution in [2.24, 2.45) is 0 Å². The molecular formula is C27H25N3O4S. The van der Waals surface area contributed by atoms with Crippen LogP contribution < -0.4 is 10.2 Å². The van der Waals surface area contributed by atoms with Gasteiger partial charge in [0.05, 0.1) is 11.3 Å². The molecule has 0 atom stereocenters. The highest BCUT2D eigenvalue weighted by atomic mass is 32.1. The molecule has 4 rings (SSSR count). The molecule has 1 saturated heterocycles.